The van der Waals surface area contributed by atoms with E-state index in [0.717, 1.165) is 12.1 Å². The molecule has 2 aromatic rings. The number of rotatable bonds is 4. The van der Waals surface area contributed by atoms with Gasteiger partial charge in [0, 0.05) is 31.1 Å². The van der Waals surface area contributed by atoms with Crippen molar-refractivity contribution < 1.29 is 4.79 Å². The number of nitrogens with zero attached hydrogens (tertiary/aromatic N) is 3. The smallest absolute Gasteiger partial charge is 0.223 e. The van der Waals surface area contributed by atoms with Gasteiger partial charge in [0.2, 0.25) is 5.91 Å². The third-order valence-electron chi connectivity index (χ3n) is 4.18. The zero-order valence-electron chi connectivity index (χ0n) is 12.1. The summed E-state index contributed by atoms with van der Waals surface area (Å²) in [6.07, 6.45) is 4.41. The molecular formula is C16H20N4O. The van der Waals surface area contributed by atoms with E-state index in [-0.39, 0.29) is 17.9 Å². The molecule has 0 radical (unpaired) electrons. The molecule has 1 aromatic heterocycles. The molecule has 1 aliphatic rings. The quantitative estimate of drug-likeness (QED) is 0.923. The van der Waals surface area contributed by atoms with Gasteiger partial charge in [-0.15, -0.1) is 0 Å². The SMILES string of the molecule is CN1C(=O)C[C@@H](CN)[C@H]1c1cnn(Cc2ccccc2)c1. The maximum absolute atomic E-state index is 11.9. The minimum atomic E-state index is 0.0482. The van der Waals surface area contributed by atoms with Crippen molar-refractivity contribution in [1.82, 2.24) is 14.7 Å². The van der Waals surface area contributed by atoms with Gasteiger partial charge in [-0.2, -0.15) is 5.10 Å². The first-order chi connectivity index (χ1) is 10.2. The van der Waals surface area contributed by atoms with Crippen LogP contribution < -0.4 is 5.73 Å². The van der Waals surface area contributed by atoms with Gasteiger partial charge < -0.3 is 10.6 Å². The number of nitrogens with two attached hydrogens (primary N) is 1. The molecule has 0 spiro atoms. The lowest BCUT2D eigenvalue weighted by Gasteiger charge is -2.22. The van der Waals surface area contributed by atoms with Crippen molar-refractivity contribution in [2.24, 2.45) is 11.7 Å². The van der Waals surface area contributed by atoms with Crippen LogP contribution in [-0.2, 0) is 11.3 Å². The number of amides is 1. The first-order valence-electron chi connectivity index (χ1n) is 7.21. The third kappa shape index (κ3) is 2.69. The maximum atomic E-state index is 11.9. The van der Waals surface area contributed by atoms with Crippen molar-refractivity contribution in [3.05, 3.63) is 53.9 Å². The Kier molecular flexibility index (Phi) is 3.75. The van der Waals surface area contributed by atoms with Crippen LogP contribution in [0.4, 0.5) is 0 Å². The van der Waals surface area contributed by atoms with Gasteiger partial charge in [0.05, 0.1) is 18.8 Å². The minimum absolute atomic E-state index is 0.0482. The second kappa shape index (κ2) is 5.69. The van der Waals surface area contributed by atoms with E-state index in [2.05, 4.69) is 17.2 Å². The number of aromatic nitrogens is 2. The molecule has 110 valence electrons. The predicted octanol–water partition coefficient (Wildman–Crippen LogP) is 1.41. The van der Waals surface area contributed by atoms with E-state index in [1.807, 2.05) is 42.3 Å². The molecule has 0 aliphatic carbocycles. The van der Waals surface area contributed by atoms with Crippen LogP contribution in [0.15, 0.2) is 42.7 Å². The Morgan fingerprint density at radius 2 is 2.10 bits per heavy atom. The Bertz CT molecular complexity index is 622. The second-order valence-electron chi connectivity index (χ2n) is 5.61. The Hall–Kier alpha value is -2.14. The summed E-state index contributed by atoms with van der Waals surface area (Å²) in [5.41, 5.74) is 8.08. The fraction of sp³-hybridized carbons (Fsp3) is 0.375. The van der Waals surface area contributed by atoms with Crippen molar-refractivity contribution in [1.29, 1.82) is 0 Å². The highest BCUT2D eigenvalue weighted by Gasteiger charge is 2.38. The van der Waals surface area contributed by atoms with Crippen LogP contribution in [0.3, 0.4) is 0 Å². The predicted molar refractivity (Wildman–Crippen MR) is 80.4 cm³/mol. The lowest BCUT2D eigenvalue weighted by Crippen LogP contribution is -2.26. The Labute approximate surface area is 124 Å². The van der Waals surface area contributed by atoms with Gasteiger partial charge in [0.1, 0.15) is 0 Å². The van der Waals surface area contributed by atoms with Crippen molar-refractivity contribution in [2.75, 3.05) is 13.6 Å². The molecule has 2 atom stereocenters. The van der Waals surface area contributed by atoms with Crippen LogP contribution in [0.25, 0.3) is 0 Å². The molecule has 0 saturated carbocycles. The zero-order chi connectivity index (χ0) is 14.8. The number of likely N-dealkylation sites (tertiary alicyclic amines) is 1. The summed E-state index contributed by atoms with van der Waals surface area (Å²) in [6, 6.07) is 10.3. The Balaban J connectivity index is 1.80. The van der Waals surface area contributed by atoms with Crippen LogP contribution in [0, 0.1) is 5.92 Å². The molecule has 0 unspecified atom stereocenters. The van der Waals surface area contributed by atoms with Crippen LogP contribution in [0.1, 0.15) is 23.6 Å². The summed E-state index contributed by atoms with van der Waals surface area (Å²) in [4.78, 5) is 13.7. The molecule has 1 aliphatic heterocycles. The lowest BCUT2D eigenvalue weighted by atomic mass is 9.96. The average molecular weight is 284 g/mol. The first-order valence-corrected chi connectivity index (χ1v) is 7.21. The van der Waals surface area contributed by atoms with Crippen molar-refractivity contribution in [3.63, 3.8) is 0 Å². The summed E-state index contributed by atoms with van der Waals surface area (Å²) >= 11 is 0. The fourth-order valence-corrected chi connectivity index (χ4v) is 3.05. The van der Waals surface area contributed by atoms with Gasteiger partial charge in [-0.1, -0.05) is 30.3 Å². The van der Waals surface area contributed by atoms with E-state index in [1.54, 1.807) is 4.90 Å². The van der Waals surface area contributed by atoms with Gasteiger partial charge >= 0.3 is 0 Å². The number of hydrogen-bond acceptors (Lipinski definition) is 3. The normalized spacial score (nSPS) is 22.0. The van der Waals surface area contributed by atoms with E-state index < -0.39 is 0 Å². The molecule has 2 heterocycles. The van der Waals surface area contributed by atoms with E-state index in [1.165, 1.54) is 5.56 Å². The van der Waals surface area contributed by atoms with Crippen LogP contribution >= 0.6 is 0 Å². The molecule has 2 N–H and O–H groups in total. The largest absolute Gasteiger partial charge is 0.338 e. The summed E-state index contributed by atoms with van der Waals surface area (Å²) in [5, 5.41) is 4.42. The molecule has 21 heavy (non-hydrogen) atoms. The molecular weight excluding hydrogens is 264 g/mol. The first kappa shape index (κ1) is 13.8. The van der Waals surface area contributed by atoms with Crippen LogP contribution in [-0.4, -0.2) is 34.2 Å². The standard InChI is InChI=1S/C16H20N4O/c1-19-15(21)7-13(8-17)16(19)14-9-18-20(11-14)10-12-5-3-2-4-6-12/h2-6,9,11,13,16H,7-8,10,17H2,1H3/t13-,16-/m0/s1. The van der Waals surface area contributed by atoms with Crippen molar-refractivity contribution in [3.8, 4) is 0 Å². The molecule has 0 bridgehead atoms. The van der Waals surface area contributed by atoms with Gasteiger partial charge in [0.25, 0.3) is 0 Å². The van der Waals surface area contributed by atoms with Crippen molar-refractivity contribution >= 4 is 5.91 Å². The number of benzene rings is 1. The summed E-state index contributed by atoms with van der Waals surface area (Å²) in [7, 11) is 1.84. The topological polar surface area (TPSA) is 64.2 Å². The van der Waals surface area contributed by atoms with Crippen LogP contribution in [0.2, 0.25) is 0 Å². The van der Waals surface area contributed by atoms with Gasteiger partial charge in [-0.3, -0.25) is 9.48 Å². The van der Waals surface area contributed by atoms with E-state index in [4.69, 9.17) is 5.73 Å². The Morgan fingerprint density at radius 3 is 2.81 bits per heavy atom. The van der Waals surface area contributed by atoms with E-state index in [0.29, 0.717) is 13.0 Å². The maximum Gasteiger partial charge on any atom is 0.223 e. The van der Waals surface area contributed by atoms with Gasteiger partial charge in [-0.05, 0) is 12.1 Å². The minimum Gasteiger partial charge on any atom is -0.338 e. The second-order valence-corrected chi connectivity index (χ2v) is 5.61. The summed E-state index contributed by atoms with van der Waals surface area (Å²) in [5.74, 6) is 0.336. The van der Waals surface area contributed by atoms with Gasteiger partial charge in [0.15, 0.2) is 0 Å². The highest BCUT2D eigenvalue weighted by Crippen LogP contribution is 2.35. The zero-order valence-corrected chi connectivity index (χ0v) is 12.1. The third-order valence-corrected chi connectivity index (χ3v) is 4.18. The highest BCUT2D eigenvalue weighted by molar-refractivity contribution is 5.79. The number of carbonyl (C=O) groups excluding carboxylic acids is 1. The van der Waals surface area contributed by atoms with Gasteiger partial charge in [-0.25, -0.2) is 0 Å². The molecule has 5 heteroatoms. The van der Waals surface area contributed by atoms with Crippen molar-refractivity contribution in [2.45, 2.75) is 19.0 Å². The monoisotopic (exact) mass is 284 g/mol. The number of hydrogen-bond donors (Lipinski definition) is 1. The molecule has 1 saturated heterocycles. The summed E-state index contributed by atoms with van der Waals surface area (Å²) < 4.78 is 1.91. The average Bonchev–Trinajstić information content (AvgIpc) is 3.05. The molecule has 1 aromatic carbocycles. The summed E-state index contributed by atoms with van der Waals surface area (Å²) in [6.45, 7) is 1.25. The fourth-order valence-electron chi connectivity index (χ4n) is 3.05. The van der Waals surface area contributed by atoms with E-state index >= 15 is 0 Å². The number of carbonyl (C=O) groups is 1. The van der Waals surface area contributed by atoms with Crippen LogP contribution in [0.5, 0.6) is 0 Å². The van der Waals surface area contributed by atoms with E-state index in [9.17, 15) is 4.79 Å². The Morgan fingerprint density at radius 1 is 1.33 bits per heavy atom. The molecule has 1 amide bonds. The lowest BCUT2D eigenvalue weighted by molar-refractivity contribution is -0.127. The molecule has 5 nitrogen and oxygen atoms in total. The molecule has 1 fully saturated rings. The molecule has 3 rings (SSSR count). The highest BCUT2D eigenvalue weighted by atomic mass is 16.2.